The van der Waals surface area contributed by atoms with Crippen LogP contribution in [0.4, 0.5) is 8.78 Å². The van der Waals surface area contributed by atoms with E-state index in [1.54, 1.807) is 26.0 Å². The molecule has 0 aromatic carbocycles. The molecule has 1 unspecified atom stereocenters. The Bertz CT molecular complexity index is 778. The Morgan fingerprint density at radius 1 is 1.48 bits per heavy atom. The summed E-state index contributed by atoms with van der Waals surface area (Å²) in [4.78, 5) is 15.5. The number of nitrogens with zero attached hydrogens (tertiary/aromatic N) is 2. The fraction of sp³-hybridized carbons (Fsp3) is 0.500. The third kappa shape index (κ3) is 3.35. The summed E-state index contributed by atoms with van der Waals surface area (Å²) in [5, 5.41) is 12.9. The van der Waals surface area contributed by atoms with E-state index in [0.717, 1.165) is 0 Å². The van der Waals surface area contributed by atoms with Crippen LogP contribution in [-0.2, 0) is 4.74 Å². The zero-order chi connectivity index (χ0) is 18.2. The van der Waals surface area contributed by atoms with E-state index in [9.17, 15) is 18.7 Å². The number of rotatable bonds is 5. The van der Waals surface area contributed by atoms with Gasteiger partial charge < -0.3 is 19.6 Å². The van der Waals surface area contributed by atoms with Gasteiger partial charge in [-0.25, -0.2) is 4.79 Å². The first kappa shape index (κ1) is 17.7. The van der Waals surface area contributed by atoms with Crippen molar-refractivity contribution in [1.82, 2.24) is 14.9 Å². The quantitative estimate of drug-likeness (QED) is 0.843. The molecule has 0 aliphatic carbocycles. The van der Waals surface area contributed by atoms with Crippen molar-refractivity contribution in [2.75, 3.05) is 6.54 Å². The van der Waals surface area contributed by atoms with E-state index in [4.69, 9.17) is 9.15 Å². The number of alkyl halides is 2. The molecule has 1 saturated heterocycles. The highest BCUT2D eigenvalue weighted by molar-refractivity contribution is 5.05. The molecular weight excluding hydrogens is 336 g/mol. The van der Waals surface area contributed by atoms with E-state index in [0.29, 0.717) is 16.0 Å². The summed E-state index contributed by atoms with van der Waals surface area (Å²) in [6.45, 7) is 3.34. The number of aryl methyl sites for hydroxylation is 1. The summed E-state index contributed by atoms with van der Waals surface area (Å²) in [6, 6.07) is 4.65. The van der Waals surface area contributed by atoms with Crippen molar-refractivity contribution < 1.29 is 23.0 Å². The highest BCUT2D eigenvalue weighted by Crippen LogP contribution is 2.42. The maximum absolute atomic E-state index is 14.4. The van der Waals surface area contributed by atoms with E-state index in [2.05, 4.69) is 10.3 Å². The van der Waals surface area contributed by atoms with Crippen LogP contribution >= 0.6 is 0 Å². The number of halogens is 2. The summed E-state index contributed by atoms with van der Waals surface area (Å²) in [7, 11) is 0. The lowest BCUT2D eigenvalue weighted by atomic mass is 10.1. The lowest BCUT2D eigenvalue weighted by Gasteiger charge is -2.21. The SMILES string of the molecule is Cc1ccn([C@@H]2O[C@H](CNC(C)c3ccco3)[C@@H](O)C2(F)F)c(=O)n1. The molecule has 9 heteroatoms. The van der Waals surface area contributed by atoms with Gasteiger partial charge in [0, 0.05) is 18.4 Å². The molecule has 1 aliphatic rings. The Labute approximate surface area is 142 Å². The number of aromatic nitrogens is 2. The predicted octanol–water partition coefficient (Wildman–Crippen LogP) is 1.39. The minimum absolute atomic E-state index is 0.0385. The Hall–Kier alpha value is -2.10. The normalized spacial score (nSPS) is 26.7. The van der Waals surface area contributed by atoms with E-state index in [1.807, 2.05) is 0 Å². The van der Waals surface area contributed by atoms with Gasteiger partial charge in [-0.3, -0.25) is 4.57 Å². The summed E-state index contributed by atoms with van der Waals surface area (Å²) >= 11 is 0. The van der Waals surface area contributed by atoms with Gasteiger partial charge in [-0.2, -0.15) is 13.8 Å². The summed E-state index contributed by atoms with van der Waals surface area (Å²) < 4.78 is 40.0. The number of hydrogen-bond donors (Lipinski definition) is 2. The summed E-state index contributed by atoms with van der Waals surface area (Å²) in [5.41, 5.74) is -0.442. The third-order valence-corrected chi connectivity index (χ3v) is 4.20. The van der Waals surface area contributed by atoms with E-state index >= 15 is 0 Å². The van der Waals surface area contributed by atoms with Crippen LogP contribution in [0.3, 0.4) is 0 Å². The molecule has 0 saturated carbocycles. The second-order valence-corrected chi connectivity index (χ2v) is 6.05. The Morgan fingerprint density at radius 3 is 2.88 bits per heavy atom. The van der Waals surface area contributed by atoms with Crippen LogP contribution in [0.15, 0.2) is 39.9 Å². The second kappa shape index (κ2) is 6.66. The smallest absolute Gasteiger partial charge is 0.350 e. The molecule has 2 aromatic heterocycles. The number of ether oxygens (including phenoxy) is 1. The molecule has 136 valence electrons. The molecule has 0 spiro atoms. The standard InChI is InChI=1S/C16H19F2N3O4/c1-9-5-6-21(15(23)20-9)14-16(17,18)13(22)12(25-14)8-19-10(2)11-4-3-7-24-11/h3-7,10,12-14,19,22H,8H2,1-2H3/t10?,12-,13-,14-/m1/s1. The first-order valence-electron chi connectivity index (χ1n) is 7.84. The molecule has 0 radical (unpaired) electrons. The predicted molar refractivity (Wildman–Crippen MR) is 83.2 cm³/mol. The number of aliphatic hydroxyl groups is 1. The third-order valence-electron chi connectivity index (χ3n) is 4.20. The van der Waals surface area contributed by atoms with Gasteiger partial charge in [-0.05, 0) is 32.0 Å². The van der Waals surface area contributed by atoms with Crippen molar-refractivity contribution in [1.29, 1.82) is 0 Å². The van der Waals surface area contributed by atoms with Crippen LogP contribution in [0.5, 0.6) is 0 Å². The minimum atomic E-state index is -3.62. The van der Waals surface area contributed by atoms with Gasteiger partial charge in [0.05, 0.1) is 12.3 Å². The van der Waals surface area contributed by atoms with Crippen molar-refractivity contribution >= 4 is 0 Å². The molecule has 1 aliphatic heterocycles. The molecule has 25 heavy (non-hydrogen) atoms. The van der Waals surface area contributed by atoms with Gasteiger partial charge >= 0.3 is 11.6 Å². The Kier molecular flexibility index (Phi) is 4.72. The van der Waals surface area contributed by atoms with E-state index in [-0.39, 0.29) is 12.6 Å². The van der Waals surface area contributed by atoms with Crippen LogP contribution in [0, 0.1) is 6.92 Å². The largest absolute Gasteiger partial charge is 0.468 e. The van der Waals surface area contributed by atoms with Crippen molar-refractivity contribution in [3.05, 3.63) is 52.6 Å². The topological polar surface area (TPSA) is 89.5 Å². The lowest BCUT2D eigenvalue weighted by molar-refractivity contribution is -0.140. The maximum Gasteiger partial charge on any atom is 0.350 e. The zero-order valence-corrected chi connectivity index (χ0v) is 13.7. The Morgan fingerprint density at radius 2 is 2.24 bits per heavy atom. The number of hydrogen-bond acceptors (Lipinski definition) is 6. The van der Waals surface area contributed by atoms with E-state index in [1.165, 1.54) is 18.5 Å². The maximum atomic E-state index is 14.4. The average Bonchev–Trinajstić information content (AvgIpc) is 3.15. The molecule has 4 atom stereocenters. The molecule has 2 N–H and O–H groups in total. The number of aliphatic hydroxyl groups excluding tert-OH is 1. The van der Waals surface area contributed by atoms with Gasteiger partial charge in [0.25, 0.3) is 0 Å². The fourth-order valence-corrected chi connectivity index (χ4v) is 2.74. The van der Waals surface area contributed by atoms with Crippen molar-refractivity contribution in [3.63, 3.8) is 0 Å². The lowest BCUT2D eigenvalue weighted by Crippen LogP contribution is -2.43. The average molecular weight is 355 g/mol. The molecular formula is C16H19F2N3O4. The summed E-state index contributed by atoms with van der Waals surface area (Å²) in [6.07, 6.45) is -2.45. The zero-order valence-electron chi connectivity index (χ0n) is 13.7. The van der Waals surface area contributed by atoms with Crippen LogP contribution in [0.25, 0.3) is 0 Å². The monoisotopic (exact) mass is 355 g/mol. The van der Waals surface area contributed by atoms with Crippen LogP contribution in [0.2, 0.25) is 0 Å². The van der Waals surface area contributed by atoms with Crippen molar-refractivity contribution in [2.24, 2.45) is 0 Å². The molecule has 0 bridgehead atoms. The van der Waals surface area contributed by atoms with Crippen molar-refractivity contribution in [3.8, 4) is 0 Å². The fourth-order valence-electron chi connectivity index (χ4n) is 2.74. The molecule has 7 nitrogen and oxygen atoms in total. The number of furan rings is 1. The van der Waals surface area contributed by atoms with Gasteiger partial charge in [0.1, 0.15) is 18.0 Å². The molecule has 0 amide bonds. The molecule has 2 aromatic rings. The van der Waals surface area contributed by atoms with Gasteiger partial charge in [-0.1, -0.05) is 0 Å². The molecule has 1 fully saturated rings. The van der Waals surface area contributed by atoms with Crippen LogP contribution < -0.4 is 11.0 Å². The van der Waals surface area contributed by atoms with E-state index < -0.39 is 30.0 Å². The van der Waals surface area contributed by atoms with Gasteiger partial charge in [0.2, 0.25) is 6.23 Å². The van der Waals surface area contributed by atoms with Crippen LogP contribution in [-0.4, -0.2) is 39.3 Å². The molecule has 3 heterocycles. The first-order valence-corrected chi connectivity index (χ1v) is 7.84. The van der Waals surface area contributed by atoms with Gasteiger partial charge in [0.15, 0.2) is 0 Å². The van der Waals surface area contributed by atoms with Crippen molar-refractivity contribution in [2.45, 2.75) is 44.2 Å². The minimum Gasteiger partial charge on any atom is -0.468 e. The summed E-state index contributed by atoms with van der Waals surface area (Å²) in [5.74, 6) is -2.99. The van der Waals surface area contributed by atoms with Gasteiger partial charge in [-0.15, -0.1) is 0 Å². The first-order chi connectivity index (χ1) is 11.8. The highest BCUT2D eigenvalue weighted by Gasteiger charge is 2.59. The highest BCUT2D eigenvalue weighted by atomic mass is 19.3. The Balaban J connectivity index is 1.74. The second-order valence-electron chi connectivity index (χ2n) is 6.05. The molecule has 3 rings (SSSR count). The van der Waals surface area contributed by atoms with Crippen LogP contribution in [0.1, 0.15) is 30.6 Å². The number of nitrogens with one attached hydrogen (secondary N) is 1.